The normalized spacial score (nSPS) is 10.8. The fourth-order valence-electron chi connectivity index (χ4n) is 1.79. The topological polar surface area (TPSA) is 24.9 Å². The first-order valence-electron chi connectivity index (χ1n) is 5.76. The zero-order chi connectivity index (χ0) is 13.2. The number of rotatable bonds is 3. The molecule has 0 aliphatic rings. The van der Waals surface area contributed by atoms with E-state index in [4.69, 9.17) is 23.2 Å². The van der Waals surface area contributed by atoms with E-state index in [-0.39, 0.29) is 0 Å². The molecule has 0 radical (unpaired) electrons. The quantitative estimate of drug-likeness (QED) is 0.718. The number of benzene rings is 2. The maximum atomic E-state index is 6.14. The second kappa shape index (κ2) is 5.37. The zero-order valence-electron chi connectivity index (χ0n) is 9.86. The van der Waals surface area contributed by atoms with E-state index in [9.17, 15) is 0 Å². The summed E-state index contributed by atoms with van der Waals surface area (Å²) in [5.41, 5.74) is 1.97. The van der Waals surface area contributed by atoms with E-state index in [1.54, 1.807) is 12.1 Å². The molecule has 0 aliphatic carbocycles. The monoisotopic (exact) mass is 308 g/mol. The molecule has 2 aromatic carbocycles. The molecular formula is C14H10Cl2N2S. The second-order valence-corrected chi connectivity index (χ2v) is 5.88. The zero-order valence-corrected chi connectivity index (χ0v) is 12.2. The van der Waals surface area contributed by atoms with Gasteiger partial charge >= 0.3 is 0 Å². The summed E-state index contributed by atoms with van der Waals surface area (Å²) in [5, 5.41) is 5.44. The lowest BCUT2D eigenvalue weighted by Gasteiger charge is -2.01. The van der Waals surface area contributed by atoms with Crippen molar-refractivity contribution in [3.05, 3.63) is 58.1 Å². The predicted octanol–water partition coefficient (Wildman–Crippen LogP) is 5.22. The molecule has 0 aliphatic heterocycles. The number of nitrogens with one attached hydrogen (secondary N) is 1. The largest absolute Gasteiger partial charge is 0.357 e. The smallest absolute Gasteiger partial charge is 0.184 e. The van der Waals surface area contributed by atoms with Crippen LogP contribution in [0.5, 0.6) is 0 Å². The van der Waals surface area contributed by atoms with Gasteiger partial charge in [0, 0.05) is 6.54 Å². The van der Waals surface area contributed by atoms with Gasteiger partial charge in [0.25, 0.3) is 0 Å². The number of anilines is 1. The lowest BCUT2D eigenvalue weighted by Crippen LogP contribution is -1.97. The van der Waals surface area contributed by atoms with Gasteiger partial charge < -0.3 is 5.32 Å². The summed E-state index contributed by atoms with van der Waals surface area (Å²) in [6, 6.07) is 13.7. The lowest BCUT2D eigenvalue weighted by molar-refractivity contribution is 1.14. The van der Waals surface area contributed by atoms with Gasteiger partial charge in [-0.3, -0.25) is 0 Å². The lowest BCUT2D eigenvalue weighted by atomic mass is 10.2. The Morgan fingerprint density at radius 2 is 1.74 bits per heavy atom. The van der Waals surface area contributed by atoms with Crippen molar-refractivity contribution in [2.24, 2.45) is 0 Å². The number of nitrogens with zero attached hydrogens (tertiary/aromatic N) is 1. The van der Waals surface area contributed by atoms with Crippen LogP contribution >= 0.6 is 34.5 Å². The van der Waals surface area contributed by atoms with Gasteiger partial charge in [-0.1, -0.05) is 64.9 Å². The molecule has 0 saturated carbocycles. The Morgan fingerprint density at radius 1 is 1.00 bits per heavy atom. The fourth-order valence-corrected chi connectivity index (χ4v) is 3.21. The van der Waals surface area contributed by atoms with Crippen LogP contribution in [0.25, 0.3) is 10.2 Å². The van der Waals surface area contributed by atoms with Gasteiger partial charge in [0.2, 0.25) is 0 Å². The number of fused-ring (bicyclic) bond motifs is 1. The van der Waals surface area contributed by atoms with E-state index in [2.05, 4.69) is 22.4 Å². The number of aromatic nitrogens is 1. The molecule has 0 fully saturated rings. The van der Waals surface area contributed by atoms with Crippen molar-refractivity contribution in [1.82, 2.24) is 4.98 Å². The van der Waals surface area contributed by atoms with E-state index in [0.717, 1.165) is 21.9 Å². The molecule has 1 aromatic heterocycles. The first-order chi connectivity index (χ1) is 9.24. The van der Waals surface area contributed by atoms with Crippen molar-refractivity contribution in [3.63, 3.8) is 0 Å². The minimum Gasteiger partial charge on any atom is -0.357 e. The maximum Gasteiger partial charge on any atom is 0.184 e. The van der Waals surface area contributed by atoms with Crippen LogP contribution in [0.3, 0.4) is 0 Å². The van der Waals surface area contributed by atoms with Crippen LogP contribution in [0.2, 0.25) is 10.0 Å². The molecule has 2 nitrogen and oxygen atoms in total. The molecule has 3 rings (SSSR count). The average Bonchev–Trinajstić information content (AvgIpc) is 2.87. The summed E-state index contributed by atoms with van der Waals surface area (Å²) in [4.78, 5) is 4.48. The molecule has 1 heterocycles. The molecule has 0 atom stereocenters. The van der Waals surface area contributed by atoms with Gasteiger partial charge in [-0.15, -0.1) is 0 Å². The summed E-state index contributed by atoms with van der Waals surface area (Å²) in [6.45, 7) is 0.732. The molecule has 19 heavy (non-hydrogen) atoms. The van der Waals surface area contributed by atoms with E-state index in [1.807, 2.05) is 18.2 Å². The molecule has 0 saturated heterocycles. The Kier molecular flexibility index (Phi) is 3.60. The summed E-state index contributed by atoms with van der Waals surface area (Å²) in [6.07, 6.45) is 0. The van der Waals surface area contributed by atoms with Crippen LogP contribution in [-0.2, 0) is 6.54 Å². The highest BCUT2D eigenvalue weighted by Gasteiger charge is 2.10. The number of thiazole rings is 1. The summed E-state index contributed by atoms with van der Waals surface area (Å²) in [5.74, 6) is 0. The van der Waals surface area contributed by atoms with Crippen LogP contribution in [0.15, 0.2) is 42.5 Å². The molecule has 1 N–H and O–H groups in total. The number of hydrogen-bond donors (Lipinski definition) is 1. The third-order valence-electron chi connectivity index (χ3n) is 2.73. The third kappa shape index (κ3) is 2.68. The molecule has 0 amide bonds. The van der Waals surface area contributed by atoms with Crippen LogP contribution in [-0.4, -0.2) is 4.98 Å². The molecule has 0 bridgehead atoms. The third-order valence-corrected chi connectivity index (χ3v) is 4.51. The van der Waals surface area contributed by atoms with Crippen LogP contribution in [0.4, 0.5) is 5.13 Å². The average molecular weight is 309 g/mol. The molecule has 0 unspecified atom stereocenters. The first-order valence-corrected chi connectivity index (χ1v) is 7.33. The predicted molar refractivity (Wildman–Crippen MR) is 83.4 cm³/mol. The fraction of sp³-hybridized carbons (Fsp3) is 0.0714. The Balaban J connectivity index is 1.86. The summed E-state index contributed by atoms with van der Waals surface area (Å²) in [7, 11) is 0. The molecule has 0 spiro atoms. The standard InChI is InChI=1S/C14H10Cl2N2S/c15-10-6-7-11(16)13-12(10)18-14(19-13)17-8-9-4-2-1-3-5-9/h1-7H,8H2,(H,17,18). The molecule has 3 aromatic rings. The summed E-state index contributed by atoms with van der Waals surface area (Å²) >= 11 is 13.8. The van der Waals surface area contributed by atoms with Gasteiger partial charge in [-0.05, 0) is 17.7 Å². The highest BCUT2D eigenvalue weighted by Crippen LogP contribution is 2.36. The van der Waals surface area contributed by atoms with E-state index >= 15 is 0 Å². The number of hydrogen-bond acceptors (Lipinski definition) is 3. The van der Waals surface area contributed by atoms with Crippen molar-refractivity contribution < 1.29 is 0 Å². The van der Waals surface area contributed by atoms with Crippen LogP contribution in [0.1, 0.15) is 5.56 Å². The Hall–Kier alpha value is -1.29. The van der Waals surface area contributed by atoms with Crippen molar-refractivity contribution in [2.75, 3.05) is 5.32 Å². The van der Waals surface area contributed by atoms with Gasteiger partial charge in [-0.2, -0.15) is 0 Å². The van der Waals surface area contributed by atoms with E-state index in [0.29, 0.717) is 10.0 Å². The highest BCUT2D eigenvalue weighted by molar-refractivity contribution is 7.22. The summed E-state index contributed by atoms with van der Waals surface area (Å²) < 4.78 is 0.921. The second-order valence-electron chi connectivity index (χ2n) is 4.07. The Labute approximate surface area is 125 Å². The van der Waals surface area contributed by atoms with E-state index in [1.165, 1.54) is 16.9 Å². The van der Waals surface area contributed by atoms with Gasteiger partial charge in [0.1, 0.15) is 5.52 Å². The molecule has 96 valence electrons. The van der Waals surface area contributed by atoms with Crippen molar-refractivity contribution in [2.45, 2.75) is 6.54 Å². The number of halogens is 2. The van der Waals surface area contributed by atoms with Gasteiger partial charge in [0.15, 0.2) is 5.13 Å². The minimum absolute atomic E-state index is 0.628. The van der Waals surface area contributed by atoms with Crippen molar-refractivity contribution in [3.8, 4) is 0 Å². The first kappa shape index (κ1) is 12.7. The molecule has 5 heteroatoms. The highest BCUT2D eigenvalue weighted by atomic mass is 35.5. The van der Waals surface area contributed by atoms with Gasteiger partial charge in [-0.25, -0.2) is 4.98 Å². The minimum atomic E-state index is 0.628. The van der Waals surface area contributed by atoms with Gasteiger partial charge in [0.05, 0.1) is 14.7 Å². The Morgan fingerprint density at radius 3 is 2.47 bits per heavy atom. The van der Waals surface area contributed by atoms with Crippen LogP contribution in [0, 0.1) is 0 Å². The SMILES string of the molecule is Clc1ccc(Cl)c2sc(NCc3ccccc3)nc12. The maximum absolute atomic E-state index is 6.14. The molecular weight excluding hydrogens is 299 g/mol. The van der Waals surface area contributed by atoms with Crippen molar-refractivity contribution >= 4 is 49.9 Å². The van der Waals surface area contributed by atoms with Crippen LogP contribution < -0.4 is 5.32 Å². The Bertz CT molecular complexity index is 671. The van der Waals surface area contributed by atoms with E-state index < -0.39 is 0 Å². The van der Waals surface area contributed by atoms with Crippen molar-refractivity contribution in [1.29, 1.82) is 0 Å².